The van der Waals surface area contributed by atoms with Gasteiger partial charge in [0, 0.05) is 12.4 Å². The summed E-state index contributed by atoms with van der Waals surface area (Å²) in [5.74, 6) is -0.613. The maximum absolute atomic E-state index is 12.6. The number of nitrogens with zero attached hydrogens (tertiary/aromatic N) is 3. The smallest absolute Gasteiger partial charge is 0.255 e. The van der Waals surface area contributed by atoms with Crippen LogP contribution in [0.5, 0.6) is 0 Å². The minimum Gasteiger partial charge on any atom is -0.353 e. The predicted molar refractivity (Wildman–Crippen MR) is 118 cm³/mol. The Balaban J connectivity index is 1.31. The summed E-state index contributed by atoms with van der Waals surface area (Å²) in [4.78, 5) is 36.9. The van der Waals surface area contributed by atoms with E-state index in [1.54, 1.807) is 30.5 Å². The van der Waals surface area contributed by atoms with Crippen LogP contribution in [-0.4, -0.2) is 40.2 Å². The third kappa shape index (κ3) is 5.00. The number of carbonyl (C=O) groups excluding carboxylic acids is 2. The van der Waals surface area contributed by atoms with Crippen molar-refractivity contribution in [3.63, 3.8) is 0 Å². The second-order valence-corrected chi connectivity index (χ2v) is 7.66. The molecule has 31 heavy (non-hydrogen) atoms. The zero-order valence-electron chi connectivity index (χ0n) is 16.4. The van der Waals surface area contributed by atoms with Crippen molar-refractivity contribution in [3.05, 3.63) is 71.5 Å². The molecule has 2 aromatic heterocycles. The van der Waals surface area contributed by atoms with Gasteiger partial charge in [-0.2, -0.15) is 0 Å². The molecule has 0 bridgehead atoms. The highest BCUT2D eigenvalue weighted by Gasteiger charge is 2.51. The highest BCUT2D eigenvalue weighted by molar-refractivity contribution is 6.37. The lowest BCUT2D eigenvalue weighted by molar-refractivity contribution is -0.124. The predicted octanol–water partition coefficient (Wildman–Crippen LogP) is 1.64. The normalized spacial score (nSPS) is 13.8. The number of rotatable bonds is 7. The zero-order valence-corrected chi connectivity index (χ0v) is 17.2. The molecule has 0 spiro atoms. The zero-order chi connectivity index (χ0) is 21.8. The summed E-state index contributed by atoms with van der Waals surface area (Å²) in [6.07, 6.45) is 6.97. The molecule has 1 saturated carbocycles. The Kier molecular flexibility index (Phi) is 5.86. The van der Waals surface area contributed by atoms with Crippen LogP contribution in [0.25, 0.3) is 0 Å². The molecule has 2 radical (unpaired) electrons. The molecule has 10 heteroatoms. The van der Waals surface area contributed by atoms with Crippen LogP contribution in [-0.2, 0) is 11.3 Å². The lowest BCUT2D eigenvalue weighted by Gasteiger charge is -2.17. The van der Waals surface area contributed by atoms with Gasteiger partial charge >= 0.3 is 0 Å². The Morgan fingerprint density at radius 1 is 1.10 bits per heavy atom. The molecule has 0 unspecified atom stereocenters. The van der Waals surface area contributed by atoms with Crippen molar-refractivity contribution in [2.75, 3.05) is 5.32 Å². The Morgan fingerprint density at radius 2 is 1.87 bits per heavy atom. The molecule has 2 amide bonds. The quantitative estimate of drug-likeness (QED) is 0.490. The van der Waals surface area contributed by atoms with Crippen molar-refractivity contribution in [2.45, 2.75) is 24.9 Å². The molecule has 2 heterocycles. The Morgan fingerprint density at radius 3 is 2.52 bits per heavy atom. The minimum atomic E-state index is -0.889. The molecule has 3 aromatic rings. The number of amides is 2. The van der Waals surface area contributed by atoms with Crippen molar-refractivity contribution < 1.29 is 9.59 Å². The fourth-order valence-corrected chi connectivity index (χ4v) is 3.21. The van der Waals surface area contributed by atoms with E-state index in [0.717, 1.165) is 5.69 Å². The Hall–Kier alpha value is -3.46. The number of pyridine rings is 1. The van der Waals surface area contributed by atoms with E-state index in [1.807, 2.05) is 6.07 Å². The molecule has 154 valence electrons. The van der Waals surface area contributed by atoms with Gasteiger partial charge in [0.15, 0.2) is 0 Å². The maximum Gasteiger partial charge on any atom is 0.255 e. The standard InChI is InChI=1S/C21H18BClN6O2/c22-14-1-4-18(17(23)7-14)28-16-3-2-15(26-11-16)10-27-20(31)21(5-6-21)29-19(30)13-8-24-12-25-9-13/h1-4,7-9,11-12,28H,5-6,10H2,(H,27,31)(H,29,30). The van der Waals surface area contributed by atoms with Gasteiger partial charge < -0.3 is 16.0 Å². The molecule has 1 aromatic carbocycles. The fourth-order valence-electron chi connectivity index (χ4n) is 2.97. The first-order valence-corrected chi connectivity index (χ1v) is 9.96. The van der Waals surface area contributed by atoms with Gasteiger partial charge in [-0.05, 0) is 37.1 Å². The highest BCUT2D eigenvalue weighted by atomic mass is 35.5. The molecular formula is C21H18BClN6O2. The average molecular weight is 433 g/mol. The summed E-state index contributed by atoms with van der Waals surface area (Å²) < 4.78 is 0. The van der Waals surface area contributed by atoms with Gasteiger partial charge in [-0.3, -0.25) is 14.6 Å². The summed E-state index contributed by atoms with van der Waals surface area (Å²) in [7, 11) is 5.70. The number of hydrogen-bond acceptors (Lipinski definition) is 6. The van der Waals surface area contributed by atoms with Crippen molar-refractivity contribution in [2.24, 2.45) is 0 Å². The van der Waals surface area contributed by atoms with Crippen LogP contribution in [0.4, 0.5) is 11.4 Å². The van der Waals surface area contributed by atoms with Gasteiger partial charge in [0.25, 0.3) is 5.91 Å². The van der Waals surface area contributed by atoms with Crippen LogP contribution in [0.1, 0.15) is 28.9 Å². The van der Waals surface area contributed by atoms with E-state index in [9.17, 15) is 9.59 Å². The number of anilines is 2. The summed E-state index contributed by atoms with van der Waals surface area (Å²) in [6.45, 7) is 0.244. The van der Waals surface area contributed by atoms with Gasteiger partial charge in [-0.15, -0.1) is 0 Å². The number of benzene rings is 1. The number of carbonyl (C=O) groups is 2. The first-order chi connectivity index (χ1) is 14.9. The largest absolute Gasteiger partial charge is 0.353 e. The number of aromatic nitrogens is 3. The van der Waals surface area contributed by atoms with Crippen molar-refractivity contribution in [3.8, 4) is 0 Å². The van der Waals surface area contributed by atoms with E-state index in [2.05, 4.69) is 30.9 Å². The Bertz CT molecular complexity index is 1110. The molecule has 0 atom stereocenters. The van der Waals surface area contributed by atoms with E-state index in [-0.39, 0.29) is 18.4 Å². The van der Waals surface area contributed by atoms with Crippen molar-refractivity contribution in [1.29, 1.82) is 0 Å². The van der Waals surface area contributed by atoms with Crippen LogP contribution in [0.15, 0.2) is 55.2 Å². The summed E-state index contributed by atoms with van der Waals surface area (Å²) in [5, 5.41) is 9.30. The van der Waals surface area contributed by atoms with Gasteiger partial charge in [0.2, 0.25) is 5.91 Å². The SMILES string of the molecule is [B]c1ccc(Nc2ccc(CNC(=O)C3(NC(=O)c4cncnc4)CC3)nc2)c(Cl)c1. The average Bonchev–Trinajstić information content (AvgIpc) is 3.56. The molecule has 3 N–H and O–H groups in total. The Labute approximate surface area is 185 Å². The van der Waals surface area contributed by atoms with Gasteiger partial charge in [0.05, 0.1) is 40.4 Å². The number of halogens is 1. The van der Waals surface area contributed by atoms with E-state index >= 15 is 0 Å². The van der Waals surface area contributed by atoms with Crippen LogP contribution in [0, 0.1) is 0 Å². The van der Waals surface area contributed by atoms with Gasteiger partial charge in [-0.1, -0.05) is 23.1 Å². The number of nitrogens with one attached hydrogen (secondary N) is 3. The minimum absolute atomic E-state index is 0.240. The second-order valence-electron chi connectivity index (χ2n) is 7.25. The maximum atomic E-state index is 12.6. The van der Waals surface area contributed by atoms with Crippen LogP contribution in [0.3, 0.4) is 0 Å². The van der Waals surface area contributed by atoms with E-state index in [0.29, 0.717) is 40.3 Å². The second kappa shape index (κ2) is 8.73. The van der Waals surface area contributed by atoms with E-state index < -0.39 is 5.54 Å². The molecule has 0 saturated heterocycles. The summed E-state index contributed by atoms with van der Waals surface area (Å²) in [6, 6.07) is 8.84. The lowest BCUT2D eigenvalue weighted by Crippen LogP contribution is -2.48. The summed E-state index contributed by atoms with van der Waals surface area (Å²) >= 11 is 6.17. The van der Waals surface area contributed by atoms with Gasteiger partial charge in [-0.25, -0.2) is 9.97 Å². The van der Waals surface area contributed by atoms with Crippen molar-refractivity contribution >= 4 is 48.1 Å². The third-order valence-corrected chi connectivity index (χ3v) is 5.20. The molecular weight excluding hydrogens is 415 g/mol. The molecule has 4 rings (SSSR count). The molecule has 1 aliphatic carbocycles. The molecule has 8 nitrogen and oxygen atoms in total. The topological polar surface area (TPSA) is 109 Å². The molecule has 0 aliphatic heterocycles. The molecule has 1 fully saturated rings. The molecule has 1 aliphatic rings. The van der Waals surface area contributed by atoms with Crippen LogP contribution >= 0.6 is 11.6 Å². The first kappa shape index (κ1) is 20.8. The third-order valence-electron chi connectivity index (χ3n) is 4.89. The summed E-state index contributed by atoms with van der Waals surface area (Å²) in [5.41, 5.74) is 2.15. The van der Waals surface area contributed by atoms with E-state index in [4.69, 9.17) is 19.4 Å². The fraction of sp³-hybridized carbons (Fsp3) is 0.190. The lowest BCUT2D eigenvalue weighted by atomic mass is 9.96. The van der Waals surface area contributed by atoms with Crippen LogP contribution < -0.4 is 21.4 Å². The highest BCUT2D eigenvalue weighted by Crippen LogP contribution is 2.36. The first-order valence-electron chi connectivity index (χ1n) is 9.58. The number of hydrogen-bond donors (Lipinski definition) is 3. The van der Waals surface area contributed by atoms with Crippen molar-refractivity contribution in [1.82, 2.24) is 25.6 Å². The van der Waals surface area contributed by atoms with E-state index in [1.165, 1.54) is 18.7 Å². The van der Waals surface area contributed by atoms with Gasteiger partial charge in [0.1, 0.15) is 19.7 Å². The van der Waals surface area contributed by atoms with Crippen LogP contribution in [0.2, 0.25) is 5.02 Å². The monoisotopic (exact) mass is 432 g/mol.